The van der Waals surface area contributed by atoms with Crippen LogP contribution < -0.4 is 0 Å². The summed E-state index contributed by atoms with van der Waals surface area (Å²) < 4.78 is 19.3. The number of amides is 1. The number of H-pyrrole nitrogens is 1. The fraction of sp³-hybridized carbons (Fsp3) is 0.357. The van der Waals surface area contributed by atoms with Crippen molar-refractivity contribution in [3.05, 3.63) is 33.7 Å². The van der Waals surface area contributed by atoms with Gasteiger partial charge in [0.25, 0.3) is 0 Å². The SMILES string of the molecule is CCOC(=O)N1CCc2[nH]c3c(Br)cc(F)cc3c2C1. The smallest absolute Gasteiger partial charge is 0.410 e. The summed E-state index contributed by atoms with van der Waals surface area (Å²) in [4.78, 5) is 16.8. The Bertz CT molecular complexity index is 683. The van der Waals surface area contributed by atoms with Gasteiger partial charge in [-0.05, 0) is 35.0 Å². The number of nitrogens with zero attached hydrogens (tertiary/aromatic N) is 1. The van der Waals surface area contributed by atoms with E-state index in [1.807, 2.05) is 0 Å². The van der Waals surface area contributed by atoms with E-state index in [4.69, 9.17) is 4.74 Å². The zero-order valence-corrected chi connectivity index (χ0v) is 12.6. The lowest BCUT2D eigenvalue weighted by Crippen LogP contribution is -2.36. The Morgan fingerprint density at radius 1 is 1.55 bits per heavy atom. The van der Waals surface area contributed by atoms with Crippen LogP contribution in [0.15, 0.2) is 16.6 Å². The number of fused-ring (bicyclic) bond motifs is 3. The fourth-order valence-corrected chi connectivity index (χ4v) is 3.14. The summed E-state index contributed by atoms with van der Waals surface area (Å²) >= 11 is 3.37. The number of hydrogen-bond donors (Lipinski definition) is 1. The molecular weight excluding hydrogens is 327 g/mol. The van der Waals surface area contributed by atoms with E-state index >= 15 is 0 Å². The Morgan fingerprint density at radius 2 is 2.35 bits per heavy atom. The molecule has 106 valence electrons. The number of carbonyl (C=O) groups excluding carboxylic acids is 1. The van der Waals surface area contributed by atoms with E-state index in [1.165, 1.54) is 12.1 Å². The van der Waals surface area contributed by atoms with Gasteiger partial charge in [0.1, 0.15) is 5.82 Å². The molecule has 1 aromatic carbocycles. The molecule has 0 aliphatic carbocycles. The van der Waals surface area contributed by atoms with Crippen molar-refractivity contribution in [3.63, 3.8) is 0 Å². The van der Waals surface area contributed by atoms with Crippen LogP contribution in [0.4, 0.5) is 9.18 Å². The molecule has 20 heavy (non-hydrogen) atoms. The van der Waals surface area contributed by atoms with Gasteiger partial charge in [0.15, 0.2) is 0 Å². The summed E-state index contributed by atoms with van der Waals surface area (Å²) in [6.07, 6.45) is 0.402. The van der Waals surface area contributed by atoms with Crippen molar-refractivity contribution < 1.29 is 13.9 Å². The van der Waals surface area contributed by atoms with Gasteiger partial charge < -0.3 is 14.6 Å². The van der Waals surface area contributed by atoms with Gasteiger partial charge in [-0.25, -0.2) is 9.18 Å². The molecule has 0 fully saturated rings. The zero-order valence-electron chi connectivity index (χ0n) is 11.0. The Balaban J connectivity index is 2.02. The molecule has 0 spiro atoms. The molecule has 1 N–H and O–H groups in total. The number of aromatic nitrogens is 1. The highest BCUT2D eigenvalue weighted by atomic mass is 79.9. The molecule has 2 aromatic rings. The monoisotopic (exact) mass is 340 g/mol. The first-order valence-electron chi connectivity index (χ1n) is 6.50. The van der Waals surface area contributed by atoms with Crippen LogP contribution in [-0.4, -0.2) is 29.1 Å². The highest BCUT2D eigenvalue weighted by molar-refractivity contribution is 9.10. The molecular formula is C14H14BrFN2O2. The minimum atomic E-state index is -0.317. The third kappa shape index (κ3) is 2.18. The average molecular weight is 341 g/mol. The number of hydrogen-bond acceptors (Lipinski definition) is 2. The first-order valence-corrected chi connectivity index (χ1v) is 7.29. The highest BCUT2D eigenvalue weighted by Crippen LogP contribution is 2.32. The van der Waals surface area contributed by atoms with Gasteiger partial charge in [-0.2, -0.15) is 0 Å². The van der Waals surface area contributed by atoms with Crippen LogP contribution >= 0.6 is 15.9 Å². The molecule has 1 aliphatic heterocycles. The van der Waals surface area contributed by atoms with Gasteiger partial charge in [0.05, 0.1) is 18.7 Å². The number of halogens is 2. The number of rotatable bonds is 1. The topological polar surface area (TPSA) is 45.3 Å². The van der Waals surface area contributed by atoms with Crippen LogP contribution in [0.1, 0.15) is 18.2 Å². The van der Waals surface area contributed by atoms with Crippen molar-refractivity contribution in [2.24, 2.45) is 0 Å². The zero-order chi connectivity index (χ0) is 14.3. The number of aromatic amines is 1. The van der Waals surface area contributed by atoms with Crippen molar-refractivity contribution in [1.29, 1.82) is 0 Å². The molecule has 1 aliphatic rings. The van der Waals surface area contributed by atoms with Gasteiger partial charge >= 0.3 is 6.09 Å². The highest BCUT2D eigenvalue weighted by Gasteiger charge is 2.25. The van der Waals surface area contributed by atoms with Crippen LogP contribution in [0.25, 0.3) is 10.9 Å². The van der Waals surface area contributed by atoms with Crippen molar-refractivity contribution in [2.45, 2.75) is 19.9 Å². The van der Waals surface area contributed by atoms with Crippen LogP contribution in [0, 0.1) is 5.82 Å². The van der Waals surface area contributed by atoms with Crippen LogP contribution in [-0.2, 0) is 17.7 Å². The number of benzene rings is 1. The molecule has 0 radical (unpaired) electrons. The quantitative estimate of drug-likeness (QED) is 0.862. The van der Waals surface area contributed by atoms with Gasteiger partial charge in [-0.15, -0.1) is 0 Å². The summed E-state index contributed by atoms with van der Waals surface area (Å²) in [5.74, 6) is -0.292. The Kier molecular flexibility index (Phi) is 3.41. The largest absolute Gasteiger partial charge is 0.450 e. The summed E-state index contributed by atoms with van der Waals surface area (Å²) in [6, 6.07) is 2.94. The van der Waals surface area contributed by atoms with Crippen LogP contribution in [0.5, 0.6) is 0 Å². The lowest BCUT2D eigenvalue weighted by molar-refractivity contribution is 0.103. The fourth-order valence-electron chi connectivity index (χ4n) is 2.61. The lowest BCUT2D eigenvalue weighted by Gasteiger charge is -2.26. The molecule has 0 unspecified atom stereocenters. The Labute approximate surface area is 124 Å². The summed E-state index contributed by atoms with van der Waals surface area (Å²) in [5.41, 5.74) is 2.91. The van der Waals surface area contributed by atoms with Crippen molar-refractivity contribution in [1.82, 2.24) is 9.88 Å². The van der Waals surface area contributed by atoms with E-state index < -0.39 is 0 Å². The van der Waals surface area contributed by atoms with E-state index in [1.54, 1.807) is 11.8 Å². The first kappa shape index (κ1) is 13.4. The second kappa shape index (κ2) is 5.09. The Hall–Kier alpha value is -1.56. The maximum absolute atomic E-state index is 13.6. The molecule has 2 heterocycles. The normalized spacial score (nSPS) is 14.4. The van der Waals surface area contributed by atoms with Crippen molar-refractivity contribution >= 4 is 32.9 Å². The molecule has 4 nitrogen and oxygen atoms in total. The minimum Gasteiger partial charge on any atom is -0.450 e. The van der Waals surface area contributed by atoms with Crippen LogP contribution in [0.3, 0.4) is 0 Å². The summed E-state index contributed by atoms with van der Waals surface area (Å²) in [6.45, 7) is 3.20. The summed E-state index contributed by atoms with van der Waals surface area (Å²) in [5, 5.41) is 0.820. The Morgan fingerprint density at radius 3 is 3.10 bits per heavy atom. The molecule has 0 saturated heterocycles. The maximum Gasteiger partial charge on any atom is 0.410 e. The third-order valence-corrected chi connectivity index (χ3v) is 4.15. The second-order valence-corrected chi connectivity index (χ2v) is 5.62. The maximum atomic E-state index is 13.6. The van der Waals surface area contributed by atoms with Gasteiger partial charge in [0.2, 0.25) is 0 Å². The minimum absolute atomic E-state index is 0.292. The standard InChI is InChI=1S/C14H14BrFN2O2/c1-2-20-14(19)18-4-3-12-10(7-18)9-5-8(16)6-11(15)13(9)17-12/h5-6,17H,2-4,7H2,1H3. The summed E-state index contributed by atoms with van der Waals surface area (Å²) in [7, 11) is 0. The molecule has 0 bridgehead atoms. The van der Waals surface area contributed by atoms with Crippen LogP contribution in [0.2, 0.25) is 0 Å². The van der Waals surface area contributed by atoms with E-state index in [9.17, 15) is 9.18 Å². The molecule has 0 atom stereocenters. The molecule has 1 aromatic heterocycles. The van der Waals surface area contributed by atoms with E-state index in [0.29, 0.717) is 24.2 Å². The number of ether oxygens (including phenoxy) is 1. The second-order valence-electron chi connectivity index (χ2n) is 4.76. The molecule has 6 heteroatoms. The van der Waals surface area contributed by atoms with E-state index in [-0.39, 0.29) is 11.9 Å². The predicted molar refractivity (Wildman–Crippen MR) is 77.1 cm³/mol. The lowest BCUT2D eigenvalue weighted by atomic mass is 10.0. The average Bonchev–Trinajstić information content (AvgIpc) is 2.77. The number of nitrogens with one attached hydrogen (secondary N) is 1. The van der Waals surface area contributed by atoms with E-state index in [2.05, 4.69) is 20.9 Å². The molecule has 0 saturated carbocycles. The third-order valence-electron chi connectivity index (χ3n) is 3.53. The van der Waals surface area contributed by atoms with Crippen molar-refractivity contribution in [2.75, 3.05) is 13.2 Å². The van der Waals surface area contributed by atoms with Gasteiger partial charge in [0, 0.05) is 34.1 Å². The van der Waals surface area contributed by atoms with E-state index in [0.717, 1.165) is 28.6 Å². The molecule has 3 rings (SSSR count). The molecule has 1 amide bonds. The predicted octanol–water partition coefficient (Wildman–Crippen LogP) is 3.58. The van der Waals surface area contributed by atoms with Gasteiger partial charge in [-0.3, -0.25) is 0 Å². The number of carbonyl (C=O) groups is 1. The van der Waals surface area contributed by atoms with Gasteiger partial charge in [-0.1, -0.05) is 0 Å². The van der Waals surface area contributed by atoms with Crippen molar-refractivity contribution in [3.8, 4) is 0 Å². The first-order chi connectivity index (χ1) is 9.60.